The first-order valence-corrected chi connectivity index (χ1v) is 9.05. The molecule has 2 aromatic rings. The van der Waals surface area contributed by atoms with Gasteiger partial charge in [0.25, 0.3) is 0 Å². The number of esters is 2. The van der Waals surface area contributed by atoms with E-state index in [1.807, 2.05) is 6.92 Å². The summed E-state index contributed by atoms with van der Waals surface area (Å²) in [7, 11) is 0. The molecule has 0 aromatic heterocycles. The number of hydrogen-bond acceptors (Lipinski definition) is 6. The van der Waals surface area contributed by atoms with Gasteiger partial charge in [-0.05, 0) is 61.4 Å². The van der Waals surface area contributed by atoms with Crippen LogP contribution >= 0.6 is 0 Å². The zero-order valence-corrected chi connectivity index (χ0v) is 16.3. The molecule has 6 heteroatoms. The van der Waals surface area contributed by atoms with E-state index in [0.717, 1.165) is 6.42 Å². The van der Waals surface area contributed by atoms with Crippen molar-refractivity contribution in [3.8, 4) is 5.75 Å². The van der Waals surface area contributed by atoms with Gasteiger partial charge in [-0.3, -0.25) is 0 Å². The van der Waals surface area contributed by atoms with Crippen LogP contribution in [0.25, 0.3) is 0 Å². The fourth-order valence-corrected chi connectivity index (χ4v) is 1.97. The van der Waals surface area contributed by atoms with E-state index in [1.54, 1.807) is 55.5 Å². The van der Waals surface area contributed by atoms with Gasteiger partial charge in [0.05, 0.1) is 23.5 Å². The van der Waals surface area contributed by atoms with Crippen molar-refractivity contribution in [2.45, 2.75) is 27.2 Å². The van der Waals surface area contributed by atoms with E-state index >= 15 is 0 Å². The summed E-state index contributed by atoms with van der Waals surface area (Å²) in [5.74, 6) is -0.0687. The van der Waals surface area contributed by atoms with Crippen LogP contribution in [-0.4, -0.2) is 18.5 Å². The second kappa shape index (κ2) is 10.2. The average Bonchev–Trinajstić information content (AvgIpc) is 2.71. The Morgan fingerprint density at radius 3 is 2.04 bits per heavy atom. The van der Waals surface area contributed by atoms with E-state index in [-0.39, 0.29) is 5.97 Å². The summed E-state index contributed by atoms with van der Waals surface area (Å²) in [5, 5.41) is 8.26. The Bertz CT molecular complexity index is 855. The highest BCUT2D eigenvalue weighted by Gasteiger charge is 2.09. The Balaban J connectivity index is 1.94. The van der Waals surface area contributed by atoms with Crippen molar-refractivity contribution >= 4 is 23.3 Å². The Morgan fingerprint density at radius 2 is 1.54 bits per heavy atom. The second-order valence-electron chi connectivity index (χ2n) is 6.52. The fraction of sp³-hybridized carbons (Fsp3) is 0.273. The third-order valence-electron chi connectivity index (χ3n) is 3.98. The molecule has 28 heavy (non-hydrogen) atoms. The van der Waals surface area contributed by atoms with Crippen LogP contribution in [-0.2, 0) is 9.53 Å². The molecule has 0 fully saturated rings. The van der Waals surface area contributed by atoms with E-state index < -0.39 is 5.97 Å². The van der Waals surface area contributed by atoms with Crippen LogP contribution in [0.1, 0.15) is 37.6 Å². The topological polar surface area (TPSA) is 77.3 Å². The van der Waals surface area contributed by atoms with Gasteiger partial charge in [0, 0.05) is 5.57 Å². The third kappa shape index (κ3) is 6.46. The molecule has 146 valence electrons. The molecule has 6 nitrogen and oxygen atoms in total. The Kier molecular flexibility index (Phi) is 7.63. The molecule has 0 radical (unpaired) electrons. The molecule has 0 bridgehead atoms. The third-order valence-corrected chi connectivity index (χ3v) is 3.98. The fourth-order valence-electron chi connectivity index (χ4n) is 1.97. The van der Waals surface area contributed by atoms with Gasteiger partial charge in [-0.1, -0.05) is 26.8 Å². The Morgan fingerprint density at radius 1 is 1.00 bits per heavy atom. The van der Waals surface area contributed by atoms with E-state index in [1.165, 1.54) is 0 Å². The second-order valence-corrected chi connectivity index (χ2v) is 6.52. The lowest BCUT2D eigenvalue weighted by molar-refractivity contribution is -0.130. The SMILES string of the molecule is C=C(C)C(=O)Oc1ccc(N=Nc2ccc(C(=O)OC[C@@H](C)CC)cc2)cc1. The highest BCUT2D eigenvalue weighted by Crippen LogP contribution is 2.22. The largest absolute Gasteiger partial charge is 0.462 e. The van der Waals surface area contributed by atoms with Crippen molar-refractivity contribution in [1.82, 2.24) is 0 Å². The molecule has 0 saturated heterocycles. The highest BCUT2D eigenvalue weighted by atomic mass is 16.5. The number of hydrogen-bond donors (Lipinski definition) is 0. The van der Waals surface area contributed by atoms with Gasteiger partial charge in [-0.25, -0.2) is 9.59 Å². The van der Waals surface area contributed by atoms with Gasteiger partial charge in [0.15, 0.2) is 0 Å². The van der Waals surface area contributed by atoms with Crippen molar-refractivity contribution in [2.24, 2.45) is 16.1 Å². The van der Waals surface area contributed by atoms with Crippen molar-refractivity contribution in [3.63, 3.8) is 0 Å². The van der Waals surface area contributed by atoms with Crippen LogP contribution in [0.4, 0.5) is 11.4 Å². The summed E-state index contributed by atoms with van der Waals surface area (Å²) in [4.78, 5) is 23.5. The summed E-state index contributed by atoms with van der Waals surface area (Å²) in [6.45, 7) is 9.62. The minimum Gasteiger partial charge on any atom is -0.462 e. The van der Waals surface area contributed by atoms with Crippen molar-refractivity contribution in [2.75, 3.05) is 6.61 Å². The van der Waals surface area contributed by atoms with Gasteiger partial charge < -0.3 is 9.47 Å². The van der Waals surface area contributed by atoms with Crippen LogP contribution in [0.3, 0.4) is 0 Å². The molecule has 2 aromatic carbocycles. The highest BCUT2D eigenvalue weighted by molar-refractivity contribution is 5.89. The number of benzene rings is 2. The Hall–Kier alpha value is -3.28. The lowest BCUT2D eigenvalue weighted by Crippen LogP contribution is -2.11. The molecular formula is C22H24N2O4. The van der Waals surface area contributed by atoms with Gasteiger partial charge in [0.1, 0.15) is 5.75 Å². The van der Waals surface area contributed by atoms with Crippen molar-refractivity contribution < 1.29 is 19.1 Å². The van der Waals surface area contributed by atoms with Gasteiger partial charge in [0.2, 0.25) is 0 Å². The normalized spacial score (nSPS) is 11.8. The maximum Gasteiger partial charge on any atom is 0.338 e. The number of nitrogens with zero attached hydrogens (tertiary/aromatic N) is 2. The standard InChI is InChI=1S/C22H24N2O4/c1-5-16(4)14-27-22(26)17-6-8-18(9-7-17)23-24-19-10-12-20(13-11-19)28-21(25)15(2)3/h6-13,16H,2,5,14H2,1,3-4H3/t16-/m0/s1. The number of carbonyl (C=O) groups is 2. The first kappa shape index (κ1) is 21.0. The lowest BCUT2D eigenvalue weighted by Gasteiger charge is -2.09. The molecule has 1 atom stereocenters. The molecule has 0 aliphatic rings. The molecule has 2 rings (SSSR count). The first-order chi connectivity index (χ1) is 13.4. The summed E-state index contributed by atoms with van der Waals surface area (Å²) < 4.78 is 10.4. The van der Waals surface area contributed by atoms with Crippen LogP contribution in [0.15, 0.2) is 70.9 Å². The first-order valence-electron chi connectivity index (χ1n) is 9.05. The molecule has 0 heterocycles. The maximum absolute atomic E-state index is 12.0. The summed E-state index contributed by atoms with van der Waals surface area (Å²) in [6.07, 6.45) is 0.962. The predicted molar refractivity (Wildman–Crippen MR) is 107 cm³/mol. The number of ether oxygens (including phenoxy) is 2. The molecule has 0 aliphatic carbocycles. The monoisotopic (exact) mass is 380 g/mol. The Labute approximate surface area is 164 Å². The van der Waals surface area contributed by atoms with E-state index in [0.29, 0.717) is 40.8 Å². The molecule has 0 amide bonds. The zero-order valence-electron chi connectivity index (χ0n) is 16.3. The molecule has 0 saturated carbocycles. The lowest BCUT2D eigenvalue weighted by atomic mass is 10.1. The van der Waals surface area contributed by atoms with Gasteiger partial charge in [-0.15, -0.1) is 0 Å². The molecule has 0 N–H and O–H groups in total. The number of carbonyl (C=O) groups excluding carboxylic acids is 2. The predicted octanol–water partition coefficient (Wildman–Crippen LogP) is 5.79. The minimum absolute atomic E-state index is 0.330. The van der Waals surface area contributed by atoms with Crippen LogP contribution in [0.5, 0.6) is 5.75 Å². The van der Waals surface area contributed by atoms with Crippen molar-refractivity contribution in [3.05, 3.63) is 66.2 Å². The summed E-state index contributed by atoms with van der Waals surface area (Å²) in [6, 6.07) is 13.4. The zero-order chi connectivity index (χ0) is 20.5. The summed E-state index contributed by atoms with van der Waals surface area (Å²) in [5.41, 5.74) is 2.02. The van der Waals surface area contributed by atoms with Crippen LogP contribution in [0, 0.1) is 5.92 Å². The molecule has 0 spiro atoms. The minimum atomic E-state index is -0.475. The quantitative estimate of drug-likeness (QED) is 0.251. The van der Waals surface area contributed by atoms with E-state index in [4.69, 9.17) is 9.47 Å². The van der Waals surface area contributed by atoms with Crippen LogP contribution < -0.4 is 4.74 Å². The maximum atomic E-state index is 12.0. The van der Waals surface area contributed by atoms with Crippen LogP contribution in [0.2, 0.25) is 0 Å². The van der Waals surface area contributed by atoms with Crippen molar-refractivity contribution in [1.29, 1.82) is 0 Å². The smallest absolute Gasteiger partial charge is 0.338 e. The van der Waals surface area contributed by atoms with E-state index in [2.05, 4.69) is 23.7 Å². The number of rotatable bonds is 8. The summed E-state index contributed by atoms with van der Waals surface area (Å²) >= 11 is 0. The average molecular weight is 380 g/mol. The molecular weight excluding hydrogens is 356 g/mol. The van der Waals surface area contributed by atoms with Gasteiger partial charge >= 0.3 is 11.9 Å². The van der Waals surface area contributed by atoms with E-state index in [9.17, 15) is 9.59 Å². The molecule has 0 aliphatic heterocycles. The van der Waals surface area contributed by atoms with Gasteiger partial charge in [-0.2, -0.15) is 10.2 Å². The number of azo groups is 1. The molecule has 0 unspecified atom stereocenters.